The molecule has 7 heteroatoms. The number of nitrogens with zero attached hydrogens (tertiary/aromatic N) is 2. The highest BCUT2D eigenvalue weighted by Crippen LogP contribution is 2.27. The fourth-order valence-corrected chi connectivity index (χ4v) is 3.97. The Hall–Kier alpha value is -0.690. The van der Waals surface area contributed by atoms with Crippen molar-refractivity contribution in [2.45, 2.75) is 24.3 Å². The van der Waals surface area contributed by atoms with Crippen molar-refractivity contribution in [3.05, 3.63) is 23.5 Å². The van der Waals surface area contributed by atoms with E-state index in [1.54, 1.807) is 0 Å². The molecule has 2 heterocycles. The number of sulfonamides is 1. The first-order valence-corrected chi connectivity index (χ1v) is 7.38. The lowest BCUT2D eigenvalue weighted by Gasteiger charge is -2.40. The molecule has 1 aliphatic rings. The lowest BCUT2D eigenvalue weighted by atomic mass is 10.1. The van der Waals surface area contributed by atoms with E-state index in [4.69, 9.17) is 16.3 Å². The number of halogens is 1. The van der Waals surface area contributed by atoms with E-state index < -0.39 is 15.6 Å². The van der Waals surface area contributed by atoms with E-state index >= 15 is 0 Å². The van der Waals surface area contributed by atoms with Gasteiger partial charge in [0.1, 0.15) is 5.15 Å². The van der Waals surface area contributed by atoms with E-state index in [-0.39, 0.29) is 10.0 Å². The molecule has 1 aromatic rings. The molecule has 0 amide bonds. The van der Waals surface area contributed by atoms with Crippen molar-refractivity contribution in [3.8, 4) is 0 Å². The SMILES string of the molecule is CC1(C)COCCN1S(=O)(=O)c1ccnc(Cl)c1. The Labute approximate surface area is 112 Å². The van der Waals surface area contributed by atoms with Crippen LogP contribution in [0.5, 0.6) is 0 Å². The van der Waals surface area contributed by atoms with Crippen LogP contribution in [0.1, 0.15) is 13.8 Å². The van der Waals surface area contributed by atoms with Crippen molar-refractivity contribution in [2.75, 3.05) is 19.8 Å². The van der Waals surface area contributed by atoms with Crippen molar-refractivity contribution < 1.29 is 13.2 Å². The van der Waals surface area contributed by atoms with E-state index in [0.29, 0.717) is 19.8 Å². The predicted octanol–water partition coefficient (Wildman–Crippen LogP) is 1.53. The average molecular weight is 291 g/mol. The normalized spacial score (nSPS) is 20.8. The van der Waals surface area contributed by atoms with E-state index in [1.807, 2.05) is 13.8 Å². The Balaban J connectivity index is 2.42. The van der Waals surface area contributed by atoms with Crippen LogP contribution in [0.4, 0.5) is 0 Å². The highest BCUT2D eigenvalue weighted by Gasteiger charge is 2.39. The molecule has 0 N–H and O–H groups in total. The number of rotatable bonds is 2. The van der Waals surface area contributed by atoms with Crippen LogP contribution < -0.4 is 0 Å². The molecule has 0 saturated carbocycles. The largest absolute Gasteiger partial charge is 0.378 e. The molecule has 0 aliphatic carbocycles. The van der Waals surface area contributed by atoms with Gasteiger partial charge in [0.25, 0.3) is 0 Å². The van der Waals surface area contributed by atoms with Crippen molar-refractivity contribution in [2.24, 2.45) is 0 Å². The third-order valence-corrected chi connectivity index (χ3v) is 5.17. The summed E-state index contributed by atoms with van der Waals surface area (Å²) in [6.45, 7) is 4.81. The summed E-state index contributed by atoms with van der Waals surface area (Å²) in [5, 5.41) is 0.169. The number of hydrogen-bond acceptors (Lipinski definition) is 4. The standard InChI is InChI=1S/C11H15ClN2O3S/c1-11(2)8-17-6-5-14(11)18(15,16)9-3-4-13-10(12)7-9/h3-4,7H,5-6,8H2,1-2H3. The van der Waals surface area contributed by atoms with Crippen molar-refractivity contribution in [1.29, 1.82) is 0 Å². The second-order valence-electron chi connectivity index (χ2n) is 4.76. The summed E-state index contributed by atoms with van der Waals surface area (Å²) in [5.41, 5.74) is -0.563. The summed E-state index contributed by atoms with van der Waals surface area (Å²) in [6.07, 6.45) is 1.39. The van der Waals surface area contributed by atoms with Gasteiger partial charge in [0.15, 0.2) is 0 Å². The molecular formula is C11H15ClN2O3S. The minimum Gasteiger partial charge on any atom is -0.378 e. The molecule has 18 heavy (non-hydrogen) atoms. The van der Waals surface area contributed by atoms with Gasteiger partial charge in [-0.05, 0) is 26.0 Å². The lowest BCUT2D eigenvalue weighted by Crippen LogP contribution is -2.55. The summed E-state index contributed by atoms with van der Waals surface area (Å²) in [7, 11) is -3.56. The fraction of sp³-hybridized carbons (Fsp3) is 0.545. The Morgan fingerprint density at radius 2 is 2.22 bits per heavy atom. The smallest absolute Gasteiger partial charge is 0.243 e. The molecule has 5 nitrogen and oxygen atoms in total. The maximum absolute atomic E-state index is 12.5. The van der Waals surface area contributed by atoms with Gasteiger partial charge >= 0.3 is 0 Å². The topological polar surface area (TPSA) is 59.5 Å². The van der Waals surface area contributed by atoms with Gasteiger partial charge in [0.05, 0.1) is 23.6 Å². The highest BCUT2D eigenvalue weighted by molar-refractivity contribution is 7.89. The Morgan fingerprint density at radius 1 is 1.50 bits per heavy atom. The molecule has 1 aliphatic heterocycles. The van der Waals surface area contributed by atoms with Crippen LogP contribution in [0, 0.1) is 0 Å². The number of morpholine rings is 1. The van der Waals surface area contributed by atoms with Gasteiger partial charge in [-0.3, -0.25) is 0 Å². The van der Waals surface area contributed by atoms with E-state index in [9.17, 15) is 8.42 Å². The molecule has 0 atom stereocenters. The summed E-state index contributed by atoms with van der Waals surface area (Å²) < 4.78 is 31.9. The van der Waals surface area contributed by atoms with Crippen LogP contribution in [-0.2, 0) is 14.8 Å². The lowest BCUT2D eigenvalue weighted by molar-refractivity contribution is -0.00771. The molecule has 0 unspecified atom stereocenters. The summed E-state index contributed by atoms with van der Waals surface area (Å²) in [5.74, 6) is 0. The van der Waals surface area contributed by atoms with Gasteiger partial charge in [-0.15, -0.1) is 0 Å². The van der Waals surface area contributed by atoms with Crippen LogP contribution in [0.25, 0.3) is 0 Å². The van der Waals surface area contributed by atoms with Gasteiger partial charge < -0.3 is 4.74 Å². The molecular weight excluding hydrogens is 276 g/mol. The molecule has 0 radical (unpaired) electrons. The van der Waals surface area contributed by atoms with Crippen molar-refractivity contribution in [1.82, 2.24) is 9.29 Å². The molecule has 0 bridgehead atoms. The molecule has 1 fully saturated rings. The van der Waals surface area contributed by atoms with Gasteiger partial charge in [-0.25, -0.2) is 13.4 Å². The first kappa shape index (κ1) is 13.7. The zero-order valence-corrected chi connectivity index (χ0v) is 11.8. The number of ether oxygens (including phenoxy) is 1. The third-order valence-electron chi connectivity index (χ3n) is 2.86. The molecule has 2 rings (SSSR count). The quantitative estimate of drug-likeness (QED) is 0.775. The highest BCUT2D eigenvalue weighted by atomic mass is 35.5. The fourth-order valence-electron chi connectivity index (χ4n) is 1.96. The number of pyridine rings is 1. The van der Waals surface area contributed by atoms with Crippen molar-refractivity contribution in [3.63, 3.8) is 0 Å². The summed E-state index contributed by atoms with van der Waals surface area (Å²) in [4.78, 5) is 3.96. The van der Waals surface area contributed by atoms with Crippen LogP contribution in [0.3, 0.4) is 0 Å². The second kappa shape index (κ2) is 4.77. The van der Waals surface area contributed by atoms with E-state index in [2.05, 4.69) is 4.98 Å². The van der Waals surface area contributed by atoms with Crippen LogP contribution in [0.15, 0.2) is 23.2 Å². The number of aromatic nitrogens is 1. The summed E-state index contributed by atoms with van der Waals surface area (Å²) in [6, 6.07) is 2.81. The minimum absolute atomic E-state index is 0.164. The zero-order chi connectivity index (χ0) is 13.4. The Kier molecular flexibility index (Phi) is 3.64. The molecule has 100 valence electrons. The van der Waals surface area contributed by atoms with Gasteiger partial charge in [-0.2, -0.15) is 4.31 Å². The van der Waals surface area contributed by atoms with Crippen LogP contribution in [-0.4, -0.2) is 43.0 Å². The first-order valence-electron chi connectivity index (χ1n) is 5.56. The molecule has 1 saturated heterocycles. The third kappa shape index (κ3) is 2.51. The van der Waals surface area contributed by atoms with Gasteiger partial charge in [-0.1, -0.05) is 11.6 Å². The van der Waals surface area contributed by atoms with Gasteiger partial charge in [0, 0.05) is 12.7 Å². The number of hydrogen-bond donors (Lipinski definition) is 0. The maximum Gasteiger partial charge on any atom is 0.243 e. The Morgan fingerprint density at radius 3 is 2.83 bits per heavy atom. The average Bonchev–Trinajstić information content (AvgIpc) is 2.28. The second-order valence-corrected chi connectivity index (χ2v) is 7.01. The Bertz CT molecular complexity index is 545. The van der Waals surface area contributed by atoms with Crippen LogP contribution >= 0.6 is 11.6 Å². The van der Waals surface area contributed by atoms with E-state index in [0.717, 1.165) is 0 Å². The van der Waals surface area contributed by atoms with Crippen molar-refractivity contribution >= 4 is 21.6 Å². The predicted molar refractivity (Wildman–Crippen MR) is 68.0 cm³/mol. The monoisotopic (exact) mass is 290 g/mol. The zero-order valence-electron chi connectivity index (χ0n) is 10.3. The summed E-state index contributed by atoms with van der Waals surface area (Å²) >= 11 is 5.74. The van der Waals surface area contributed by atoms with E-state index in [1.165, 1.54) is 22.6 Å². The van der Waals surface area contributed by atoms with Crippen LogP contribution in [0.2, 0.25) is 5.15 Å². The first-order chi connectivity index (χ1) is 8.34. The molecule has 0 aromatic carbocycles. The molecule has 0 spiro atoms. The molecule has 1 aromatic heterocycles. The maximum atomic E-state index is 12.5. The van der Waals surface area contributed by atoms with Gasteiger partial charge in [0.2, 0.25) is 10.0 Å². The minimum atomic E-state index is -3.56.